The summed E-state index contributed by atoms with van der Waals surface area (Å²) >= 11 is 0. The molecule has 3 N–H and O–H groups in total. The molecule has 0 unspecified atom stereocenters. The van der Waals surface area contributed by atoms with E-state index in [2.05, 4.69) is 0 Å². The molecular formula is C11H24N2O3. The lowest BCUT2D eigenvalue weighted by Gasteiger charge is -2.32. The smallest absolute Gasteiger partial charge is 0.242 e. The summed E-state index contributed by atoms with van der Waals surface area (Å²) in [4.78, 5) is 13.7. The molecule has 0 atom stereocenters. The standard InChI is InChI=1S/C11H24N2O3/c1-4-11(12,5-2)10(15)13(6-8-14)7-9-16-3/h14H,4-9,12H2,1-3H3. The Morgan fingerprint density at radius 2 is 1.94 bits per heavy atom. The van der Waals surface area contributed by atoms with E-state index >= 15 is 0 Å². The summed E-state index contributed by atoms with van der Waals surface area (Å²) < 4.78 is 4.93. The minimum Gasteiger partial charge on any atom is -0.395 e. The lowest BCUT2D eigenvalue weighted by Crippen LogP contribution is -2.55. The normalized spacial score (nSPS) is 11.6. The van der Waals surface area contributed by atoms with Crippen molar-refractivity contribution in [1.82, 2.24) is 4.90 Å². The molecule has 0 spiro atoms. The predicted molar refractivity (Wildman–Crippen MR) is 63.0 cm³/mol. The molecule has 0 aromatic carbocycles. The van der Waals surface area contributed by atoms with E-state index in [4.69, 9.17) is 15.6 Å². The van der Waals surface area contributed by atoms with E-state index in [1.54, 1.807) is 12.0 Å². The molecule has 16 heavy (non-hydrogen) atoms. The van der Waals surface area contributed by atoms with Crippen LogP contribution >= 0.6 is 0 Å². The van der Waals surface area contributed by atoms with Gasteiger partial charge in [-0.05, 0) is 12.8 Å². The van der Waals surface area contributed by atoms with Crippen LogP contribution in [-0.4, -0.2) is 54.9 Å². The summed E-state index contributed by atoms with van der Waals surface area (Å²) in [6.07, 6.45) is 1.19. The third kappa shape index (κ3) is 4.08. The number of aliphatic hydroxyl groups is 1. The van der Waals surface area contributed by atoms with Crippen LogP contribution in [0.4, 0.5) is 0 Å². The molecule has 0 aromatic rings. The summed E-state index contributed by atoms with van der Waals surface area (Å²) in [5.74, 6) is -0.108. The van der Waals surface area contributed by atoms with Gasteiger partial charge in [0.1, 0.15) is 0 Å². The highest BCUT2D eigenvalue weighted by atomic mass is 16.5. The second kappa shape index (κ2) is 7.60. The van der Waals surface area contributed by atoms with Crippen molar-refractivity contribution >= 4 is 5.91 Å². The van der Waals surface area contributed by atoms with Gasteiger partial charge < -0.3 is 20.5 Å². The summed E-state index contributed by atoms with van der Waals surface area (Å²) in [5.41, 5.74) is 5.21. The molecule has 0 saturated carbocycles. The Kier molecular flexibility index (Phi) is 7.29. The van der Waals surface area contributed by atoms with Crippen LogP contribution in [0.3, 0.4) is 0 Å². The summed E-state index contributed by atoms with van der Waals surface area (Å²) in [7, 11) is 1.58. The van der Waals surface area contributed by atoms with E-state index in [0.29, 0.717) is 32.5 Å². The van der Waals surface area contributed by atoms with Crippen LogP contribution in [0.1, 0.15) is 26.7 Å². The molecule has 0 aromatic heterocycles. The molecule has 5 nitrogen and oxygen atoms in total. The van der Waals surface area contributed by atoms with Crippen molar-refractivity contribution in [3.05, 3.63) is 0 Å². The zero-order chi connectivity index (χ0) is 12.6. The van der Waals surface area contributed by atoms with Gasteiger partial charge in [-0.25, -0.2) is 0 Å². The fourth-order valence-electron chi connectivity index (χ4n) is 1.50. The third-order valence-electron chi connectivity index (χ3n) is 2.91. The second-order valence-electron chi connectivity index (χ2n) is 3.87. The van der Waals surface area contributed by atoms with Gasteiger partial charge >= 0.3 is 0 Å². The summed E-state index contributed by atoms with van der Waals surface area (Å²) in [6.45, 7) is 4.97. The van der Waals surface area contributed by atoms with Crippen LogP contribution in [0.15, 0.2) is 0 Å². The van der Waals surface area contributed by atoms with Crippen LogP contribution in [0, 0.1) is 0 Å². The Morgan fingerprint density at radius 1 is 1.38 bits per heavy atom. The molecule has 0 aliphatic carbocycles. The Morgan fingerprint density at radius 3 is 2.31 bits per heavy atom. The van der Waals surface area contributed by atoms with Crippen molar-refractivity contribution in [1.29, 1.82) is 0 Å². The zero-order valence-electron chi connectivity index (χ0n) is 10.5. The summed E-state index contributed by atoms with van der Waals surface area (Å²) in [5, 5.41) is 8.92. The third-order valence-corrected chi connectivity index (χ3v) is 2.91. The van der Waals surface area contributed by atoms with Gasteiger partial charge in [-0.1, -0.05) is 13.8 Å². The molecule has 0 heterocycles. The Hall–Kier alpha value is -0.650. The number of nitrogens with zero attached hydrogens (tertiary/aromatic N) is 1. The van der Waals surface area contributed by atoms with E-state index in [1.807, 2.05) is 13.8 Å². The van der Waals surface area contributed by atoms with Crippen molar-refractivity contribution < 1.29 is 14.6 Å². The fraction of sp³-hybridized carbons (Fsp3) is 0.909. The molecule has 0 radical (unpaired) electrons. The number of aliphatic hydroxyl groups excluding tert-OH is 1. The lowest BCUT2D eigenvalue weighted by molar-refractivity contribution is -0.138. The second-order valence-corrected chi connectivity index (χ2v) is 3.87. The highest BCUT2D eigenvalue weighted by Crippen LogP contribution is 2.15. The summed E-state index contributed by atoms with van der Waals surface area (Å²) in [6, 6.07) is 0. The van der Waals surface area contributed by atoms with E-state index in [-0.39, 0.29) is 12.5 Å². The van der Waals surface area contributed by atoms with E-state index in [1.165, 1.54) is 0 Å². The van der Waals surface area contributed by atoms with Crippen molar-refractivity contribution in [3.63, 3.8) is 0 Å². The first-order chi connectivity index (χ1) is 7.55. The maximum absolute atomic E-state index is 12.2. The lowest BCUT2D eigenvalue weighted by atomic mass is 9.92. The van der Waals surface area contributed by atoms with Crippen LogP contribution in [0.5, 0.6) is 0 Å². The molecule has 0 aliphatic rings. The van der Waals surface area contributed by atoms with Gasteiger partial charge in [0.2, 0.25) is 5.91 Å². The minimum absolute atomic E-state index is 0.0566. The number of methoxy groups -OCH3 is 1. The van der Waals surface area contributed by atoms with Gasteiger partial charge in [0.25, 0.3) is 0 Å². The number of rotatable bonds is 8. The van der Waals surface area contributed by atoms with Gasteiger partial charge in [0.05, 0.1) is 18.8 Å². The first-order valence-corrected chi connectivity index (χ1v) is 5.73. The van der Waals surface area contributed by atoms with Crippen LogP contribution in [-0.2, 0) is 9.53 Å². The molecule has 5 heteroatoms. The van der Waals surface area contributed by atoms with Crippen molar-refractivity contribution in [2.75, 3.05) is 33.4 Å². The molecule has 0 aliphatic heterocycles. The van der Waals surface area contributed by atoms with Crippen LogP contribution in [0.25, 0.3) is 0 Å². The van der Waals surface area contributed by atoms with E-state index in [9.17, 15) is 4.79 Å². The largest absolute Gasteiger partial charge is 0.395 e. The van der Waals surface area contributed by atoms with Crippen LogP contribution < -0.4 is 5.73 Å². The number of ether oxygens (including phenoxy) is 1. The Balaban J connectivity index is 4.57. The average Bonchev–Trinajstić information content (AvgIpc) is 2.32. The highest BCUT2D eigenvalue weighted by molar-refractivity contribution is 5.86. The maximum atomic E-state index is 12.2. The van der Waals surface area contributed by atoms with Crippen molar-refractivity contribution in [2.24, 2.45) is 5.73 Å². The van der Waals surface area contributed by atoms with Crippen LogP contribution in [0.2, 0.25) is 0 Å². The van der Waals surface area contributed by atoms with Gasteiger partial charge in [-0.3, -0.25) is 4.79 Å². The van der Waals surface area contributed by atoms with Gasteiger partial charge in [0, 0.05) is 20.2 Å². The number of carbonyl (C=O) groups excluding carboxylic acids is 1. The highest BCUT2D eigenvalue weighted by Gasteiger charge is 2.33. The molecular weight excluding hydrogens is 208 g/mol. The average molecular weight is 232 g/mol. The minimum atomic E-state index is -0.817. The molecule has 0 bridgehead atoms. The molecule has 0 rings (SSSR count). The topological polar surface area (TPSA) is 75.8 Å². The fourth-order valence-corrected chi connectivity index (χ4v) is 1.50. The number of nitrogens with two attached hydrogens (primary N) is 1. The first kappa shape index (κ1) is 15.3. The quantitative estimate of drug-likeness (QED) is 0.616. The van der Waals surface area contributed by atoms with Gasteiger partial charge in [0.15, 0.2) is 0 Å². The van der Waals surface area contributed by atoms with Crippen molar-refractivity contribution in [2.45, 2.75) is 32.2 Å². The maximum Gasteiger partial charge on any atom is 0.242 e. The monoisotopic (exact) mass is 232 g/mol. The predicted octanol–water partition coefficient (Wildman–Crippen LogP) is -0.0288. The van der Waals surface area contributed by atoms with E-state index in [0.717, 1.165) is 0 Å². The molecule has 96 valence electrons. The Labute approximate surface area is 97.6 Å². The van der Waals surface area contributed by atoms with Gasteiger partial charge in [-0.15, -0.1) is 0 Å². The number of hydrogen-bond donors (Lipinski definition) is 2. The molecule has 0 saturated heterocycles. The number of carbonyl (C=O) groups is 1. The van der Waals surface area contributed by atoms with Crippen molar-refractivity contribution in [3.8, 4) is 0 Å². The SMILES string of the molecule is CCC(N)(CC)C(=O)N(CCO)CCOC. The van der Waals surface area contributed by atoms with Gasteiger partial charge in [-0.2, -0.15) is 0 Å². The number of amides is 1. The molecule has 1 amide bonds. The molecule has 0 fully saturated rings. The Bertz CT molecular complexity index is 205. The number of hydrogen-bond acceptors (Lipinski definition) is 4. The first-order valence-electron chi connectivity index (χ1n) is 5.73. The van der Waals surface area contributed by atoms with E-state index < -0.39 is 5.54 Å². The zero-order valence-corrected chi connectivity index (χ0v) is 10.5.